The summed E-state index contributed by atoms with van der Waals surface area (Å²) in [6, 6.07) is 13.3. The van der Waals surface area contributed by atoms with Crippen molar-refractivity contribution in [2.45, 2.75) is 31.2 Å². The molecule has 4 rings (SSSR count). The molecule has 1 fully saturated rings. The average Bonchev–Trinajstić information content (AvgIpc) is 3.10. The van der Waals surface area contributed by atoms with Gasteiger partial charge in [0.2, 0.25) is 5.91 Å². The van der Waals surface area contributed by atoms with Gasteiger partial charge in [-0.15, -0.1) is 0 Å². The first kappa shape index (κ1) is 19.3. The summed E-state index contributed by atoms with van der Waals surface area (Å²) in [5.74, 6) is 1.28. The van der Waals surface area contributed by atoms with Crippen LogP contribution in [0.3, 0.4) is 0 Å². The van der Waals surface area contributed by atoms with Crippen molar-refractivity contribution in [3.8, 4) is 11.5 Å². The Kier molecular flexibility index (Phi) is 5.18. The highest BCUT2D eigenvalue weighted by Crippen LogP contribution is 2.32. The molecule has 6 nitrogen and oxygen atoms in total. The number of benzene rings is 2. The van der Waals surface area contributed by atoms with E-state index in [0.29, 0.717) is 31.0 Å². The van der Waals surface area contributed by atoms with Gasteiger partial charge in [0.05, 0.1) is 26.2 Å². The molecular formula is C23H26N2O4. The van der Waals surface area contributed by atoms with E-state index in [-0.39, 0.29) is 17.4 Å². The van der Waals surface area contributed by atoms with Crippen molar-refractivity contribution in [1.82, 2.24) is 10.2 Å². The molecule has 2 heterocycles. The van der Waals surface area contributed by atoms with Crippen LogP contribution in [0.5, 0.6) is 11.5 Å². The molecule has 1 N–H and O–H groups in total. The monoisotopic (exact) mass is 394 g/mol. The number of likely N-dealkylation sites (tertiary alicyclic amines) is 1. The summed E-state index contributed by atoms with van der Waals surface area (Å²) in [5, 5.41) is 3.22. The summed E-state index contributed by atoms with van der Waals surface area (Å²) in [5.41, 5.74) is 2.37. The average molecular weight is 394 g/mol. The van der Waals surface area contributed by atoms with Gasteiger partial charge < -0.3 is 19.7 Å². The van der Waals surface area contributed by atoms with Gasteiger partial charge in [-0.3, -0.25) is 9.59 Å². The van der Waals surface area contributed by atoms with Crippen molar-refractivity contribution in [2.24, 2.45) is 0 Å². The van der Waals surface area contributed by atoms with E-state index in [4.69, 9.17) is 9.47 Å². The summed E-state index contributed by atoms with van der Waals surface area (Å²) in [6.45, 7) is 1.21. The molecule has 29 heavy (non-hydrogen) atoms. The zero-order chi connectivity index (χ0) is 20.4. The molecule has 2 aliphatic rings. The zero-order valence-electron chi connectivity index (χ0n) is 16.9. The van der Waals surface area contributed by atoms with Crippen LogP contribution in [0.4, 0.5) is 0 Å². The van der Waals surface area contributed by atoms with Gasteiger partial charge in [0, 0.05) is 18.7 Å². The van der Waals surface area contributed by atoms with Crippen molar-refractivity contribution < 1.29 is 19.1 Å². The van der Waals surface area contributed by atoms with E-state index in [2.05, 4.69) is 5.32 Å². The number of carbonyl (C=O) groups is 2. The predicted octanol–water partition coefficient (Wildman–Crippen LogP) is 2.59. The number of nitrogens with zero attached hydrogens (tertiary/aromatic N) is 1. The molecule has 0 aliphatic carbocycles. The number of hydrogen-bond acceptors (Lipinski definition) is 4. The van der Waals surface area contributed by atoms with E-state index < -0.39 is 0 Å². The summed E-state index contributed by atoms with van der Waals surface area (Å²) in [7, 11) is 3.17. The number of aryl methyl sites for hydroxylation is 1. The maximum atomic E-state index is 12.9. The minimum atomic E-state index is -0.344. The second kappa shape index (κ2) is 7.78. The van der Waals surface area contributed by atoms with E-state index in [1.165, 1.54) is 0 Å². The van der Waals surface area contributed by atoms with E-state index in [1.54, 1.807) is 14.2 Å². The number of fused-ring (bicyclic) bond motifs is 1. The molecule has 1 spiro atoms. The Morgan fingerprint density at radius 2 is 1.90 bits per heavy atom. The lowest BCUT2D eigenvalue weighted by Gasteiger charge is -2.29. The number of amides is 2. The lowest BCUT2D eigenvalue weighted by Crippen LogP contribution is -2.50. The quantitative estimate of drug-likeness (QED) is 0.866. The van der Waals surface area contributed by atoms with Gasteiger partial charge in [-0.25, -0.2) is 0 Å². The molecule has 0 aromatic heterocycles. The first-order chi connectivity index (χ1) is 14.0. The van der Waals surface area contributed by atoms with Gasteiger partial charge in [0.1, 0.15) is 0 Å². The predicted molar refractivity (Wildman–Crippen MR) is 109 cm³/mol. The Morgan fingerprint density at radius 1 is 1.10 bits per heavy atom. The fourth-order valence-electron chi connectivity index (χ4n) is 4.37. The zero-order valence-corrected chi connectivity index (χ0v) is 16.9. The van der Waals surface area contributed by atoms with Crippen molar-refractivity contribution >= 4 is 11.8 Å². The number of methoxy groups -OCH3 is 2. The number of rotatable bonds is 4. The molecule has 2 aromatic carbocycles. The lowest BCUT2D eigenvalue weighted by molar-refractivity contribution is -0.129. The van der Waals surface area contributed by atoms with Crippen LogP contribution < -0.4 is 14.8 Å². The van der Waals surface area contributed by atoms with Gasteiger partial charge in [0.25, 0.3) is 5.91 Å². The molecule has 2 aliphatic heterocycles. The van der Waals surface area contributed by atoms with Gasteiger partial charge in [-0.05, 0) is 48.6 Å². The van der Waals surface area contributed by atoms with Crippen LogP contribution in [0, 0.1) is 0 Å². The van der Waals surface area contributed by atoms with Gasteiger partial charge in [-0.2, -0.15) is 0 Å². The largest absolute Gasteiger partial charge is 0.493 e. The highest BCUT2D eigenvalue weighted by Gasteiger charge is 2.42. The van der Waals surface area contributed by atoms with Gasteiger partial charge >= 0.3 is 0 Å². The highest BCUT2D eigenvalue weighted by molar-refractivity contribution is 5.96. The van der Waals surface area contributed by atoms with E-state index >= 15 is 0 Å². The Labute approximate surface area is 170 Å². The van der Waals surface area contributed by atoms with Gasteiger partial charge in [0.15, 0.2) is 11.5 Å². The number of hydrogen-bond donors (Lipinski definition) is 1. The SMILES string of the molecule is COc1ccc(CC(=O)N2CC[C@@]3(CCc4ccccc4C(=O)N3)C2)cc1OC. The third-order valence-corrected chi connectivity index (χ3v) is 6.02. The molecule has 0 bridgehead atoms. The fourth-order valence-corrected chi connectivity index (χ4v) is 4.37. The standard InChI is InChI=1S/C23H26N2O4/c1-28-19-8-7-16(13-20(19)29-2)14-21(26)25-12-11-23(15-25)10-9-17-5-3-4-6-18(17)22(27)24-23/h3-8,13H,9-12,14-15H2,1-2H3,(H,24,27)/t23-/m0/s1. The normalized spacial score (nSPS) is 20.8. The van der Waals surface area contributed by atoms with E-state index in [1.807, 2.05) is 47.4 Å². The lowest BCUT2D eigenvalue weighted by atomic mass is 9.91. The third kappa shape index (κ3) is 3.79. The second-order valence-corrected chi connectivity index (χ2v) is 7.82. The van der Waals surface area contributed by atoms with Gasteiger partial charge in [-0.1, -0.05) is 24.3 Å². The smallest absolute Gasteiger partial charge is 0.252 e. The summed E-state index contributed by atoms with van der Waals surface area (Å²) >= 11 is 0. The first-order valence-electron chi connectivity index (χ1n) is 9.93. The molecule has 152 valence electrons. The van der Waals surface area contributed by atoms with E-state index in [9.17, 15) is 9.59 Å². The Morgan fingerprint density at radius 3 is 2.69 bits per heavy atom. The van der Waals surface area contributed by atoms with E-state index in [0.717, 1.165) is 36.0 Å². The number of ether oxygens (including phenoxy) is 2. The van der Waals surface area contributed by atoms with Crippen LogP contribution in [0.1, 0.15) is 34.3 Å². The number of nitrogens with one attached hydrogen (secondary N) is 1. The van der Waals surface area contributed by atoms with Crippen LogP contribution in [-0.4, -0.2) is 49.6 Å². The molecule has 0 saturated carbocycles. The maximum Gasteiger partial charge on any atom is 0.252 e. The van der Waals surface area contributed by atoms with Crippen molar-refractivity contribution in [3.63, 3.8) is 0 Å². The van der Waals surface area contributed by atoms with Crippen LogP contribution in [0.2, 0.25) is 0 Å². The van der Waals surface area contributed by atoms with Crippen LogP contribution in [0.15, 0.2) is 42.5 Å². The van der Waals surface area contributed by atoms with Crippen LogP contribution >= 0.6 is 0 Å². The van der Waals surface area contributed by atoms with Crippen molar-refractivity contribution in [1.29, 1.82) is 0 Å². The molecular weight excluding hydrogens is 368 g/mol. The summed E-state index contributed by atoms with van der Waals surface area (Å²) < 4.78 is 10.6. The molecule has 1 saturated heterocycles. The van der Waals surface area contributed by atoms with Crippen molar-refractivity contribution in [2.75, 3.05) is 27.3 Å². The Bertz CT molecular complexity index is 942. The van der Waals surface area contributed by atoms with Crippen LogP contribution in [-0.2, 0) is 17.6 Å². The highest BCUT2D eigenvalue weighted by atomic mass is 16.5. The molecule has 2 aromatic rings. The molecule has 1 atom stereocenters. The molecule has 2 amide bonds. The van der Waals surface area contributed by atoms with Crippen LogP contribution in [0.25, 0.3) is 0 Å². The Hall–Kier alpha value is -3.02. The first-order valence-corrected chi connectivity index (χ1v) is 9.93. The summed E-state index contributed by atoms with van der Waals surface area (Å²) in [4.78, 5) is 27.5. The third-order valence-electron chi connectivity index (χ3n) is 6.02. The molecule has 0 radical (unpaired) electrons. The molecule has 0 unspecified atom stereocenters. The topological polar surface area (TPSA) is 67.9 Å². The van der Waals surface area contributed by atoms with Crippen molar-refractivity contribution in [3.05, 3.63) is 59.2 Å². The maximum absolute atomic E-state index is 12.9. The second-order valence-electron chi connectivity index (χ2n) is 7.82. The Balaban J connectivity index is 1.45. The minimum absolute atomic E-state index is 0.0349. The fraction of sp³-hybridized carbons (Fsp3) is 0.391. The minimum Gasteiger partial charge on any atom is -0.493 e. The number of carbonyl (C=O) groups excluding carboxylic acids is 2. The molecule has 6 heteroatoms. The summed E-state index contributed by atoms with van der Waals surface area (Å²) in [6.07, 6.45) is 2.76.